The van der Waals surface area contributed by atoms with Gasteiger partial charge < -0.3 is 9.84 Å². The predicted molar refractivity (Wildman–Crippen MR) is 83.5 cm³/mol. The maximum atomic E-state index is 11.1. The van der Waals surface area contributed by atoms with Gasteiger partial charge in [0.1, 0.15) is 5.70 Å². The molecular formula is C13H12N6O5. The van der Waals surface area contributed by atoms with Crippen LogP contribution in [0.3, 0.4) is 0 Å². The number of ether oxygens (including phenoxy) is 1. The summed E-state index contributed by atoms with van der Waals surface area (Å²) in [6.07, 6.45) is 1.19. The van der Waals surface area contributed by atoms with Crippen LogP contribution in [-0.2, 0) is 0 Å². The molecule has 1 aromatic rings. The van der Waals surface area contributed by atoms with Gasteiger partial charge in [-0.05, 0) is 13.0 Å². The number of phenols is 1. The standard InChI is InChI=1S/C13H12N6O5/c1-3-24-10-5-8(4-9(11(10)20)19(22)23)6-14-17-12-7(2)16-18-13(21)15-12/h4-6,20H,2-3H2,1H3,(H,15,17,21)/b14-6+. The van der Waals surface area contributed by atoms with Gasteiger partial charge in [-0.3, -0.25) is 15.4 Å². The summed E-state index contributed by atoms with van der Waals surface area (Å²) in [4.78, 5) is 21.3. The van der Waals surface area contributed by atoms with E-state index < -0.39 is 22.4 Å². The Morgan fingerprint density at radius 1 is 1.50 bits per heavy atom. The number of nitrogens with zero attached hydrogens (tertiary/aromatic N) is 5. The minimum atomic E-state index is -0.745. The molecule has 0 atom stereocenters. The lowest BCUT2D eigenvalue weighted by Gasteiger charge is -2.07. The Morgan fingerprint density at radius 2 is 2.25 bits per heavy atom. The second-order valence-electron chi connectivity index (χ2n) is 4.35. The summed E-state index contributed by atoms with van der Waals surface area (Å²) >= 11 is 0. The molecule has 1 heterocycles. The van der Waals surface area contributed by atoms with E-state index in [9.17, 15) is 20.0 Å². The van der Waals surface area contributed by atoms with E-state index in [-0.39, 0.29) is 29.5 Å². The van der Waals surface area contributed by atoms with Gasteiger partial charge in [0.2, 0.25) is 5.75 Å². The van der Waals surface area contributed by atoms with Crippen LogP contribution in [0.25, 0.3) is 0 Å². The fourth-order valence-electron chi connectivity index (χ4n) is 1.68. The van der Waals surface area contributed by atoms with Crippen molar-refractivity contribution < 1.29 is 19.6 Å². The summed E-state index contributed by atoms with van der Waals surface area (Å²) in [5, 5.41) is 37.2. The van der Waals surface area contributed by atoms with Crippen molar-refractivity contribution in [2.75, 3.05) is 6.61 Å². The molecule has 1 aromatic carbocycles. The SMILES string of the molecule is C=C1N=NC(=O)N/C1=N/N=C/c1cc(OCC)c(O)c([N+](=O)[O-])c1. The number of phenolic OH excluding ortho intramolecular Hbond substituents is 1. The Balaban J connectivity index is 2.32. The van der Waals surface area contributed by atoms with E-state index in [1.54, 1.807) is 6.92 Å². The zero-order chi connectivity index (χ0) is 17.7. The molecular weight excluding hydrogens is 320 g/mol. The highest BCUT2D eigenvalue weighted by Gasteiger charge is 2.19. The molecule has 0 bridgehead atoms. The number of amides is 2. The lowest BCUT2D eigenvalue weighted by Crippen LogP contribution is -2.31. The van der Waals surface area contributed by atoms with Crippen LogP contribution in [0.4, 0.5) is 10.5 Å². The van der Waals surface area contributed by atoms with Crippen molar-refractivity contribution in [2.45, 2.75) is 6.92 Å². The number of benzene rings is 1. The van der Waals surface area contributed by atoms with Crippen molar-refractivity contribution in [1.82, 2.24) is 5.32 Å². The van der Waals surface area contributed by atoms with Crippen LogP contribution in [0, 0.1) is 10.1 Å². The van der Waals surface area contributed by atoms with E-state index >= 15 is 0 Å². The van der Waals surface area contributed by atoms with Crippen molar-refractivity contribution in [3.05, 3.63) is 40.1 Å². The summed E-state index contributed by atoms with van der Waals surface area (Å²) in [6.45, 7) is 5.40. The number of amidine groups is 1. The molecule has 2 amide bonds. The van der Waals surface area contributed by atoms with E-state index in [4.69, 9.17) is 4.74 Å². The minimum Gasteiger partial charge on any atom is -0.500 e. The van der Waals surface area contributed by atoms with Crippen molar-refractivity contribution in [2.24, 2.45) is 20.4 Å². The summed E-state index contributed by atoms with van der Waals surface area (Å²) in [7, 11) is 0. The highest BCUT2D eigenvalue weighted by Crippen LogP contribution is 2.36. The summed E-state index contributed by atoms with van der Waals surface area (Å²) in [5.74, 6) is -0.617. The molecule has 2 N–H and O–H groups in total. The first-order chi connectivity index (χ1) is 11.4. The van der Waals surface area contributed by atoms with Crippen LogP contribution >= 0.6 is 0 Å². The molecule has 0 radical (unpaired) electrons. The Bertz CT molecular complexity index is 798. The lowest BCUT2D eigenvalue weighted by molar-refractivity contribution is -0.386. The maximum absolute atomic E-state index is 11.1. The lowest BCUT2D eigenvalue weighted by atomic mass is 10.2. The number of hydrogen-bond acceptors (Lipinski definition) is 8. The molecule has 0 unspecified atom stereocenters. The molecule has 11 heteroatoms. The number of urea groups is 1. The van der Waals surface area contributed by atoms with E-state index in [2.05, 4.69) is 32.3 Å². The molecule has 0 saturated heterocycles. The third kappa shape index (κ3) is 3.76. The van der Waals surface area contributed by atoms with Crippen molar-refractivity contribution in [1.29, 1.82) is 0 Å². The molecule has 1 aliphatic heterocycles. The van der Waals surface area contributed by atoms with Crippen LogP contribution in [0.15, 0.2) is 44.8 Å². The summed E-state index contributed by atoms with van der Waals surface area (Å²) < 4.78 is 5.15. The minimum absolute atomic E-state index is 0.00422. The van der Waals surface area contributed by atoms with Gasteiger partial charge in [-0.25, -0.2) is 4.79 Å². The average Bonchev–Trinajstić information content (AvgIpc) is 2.53. The van der Waals surface area contributed by atoms with Gasteiger partial charge in [0.15, 0.2) is 11.6 Å². The Kier molecular flexibility index (Phi) is 4.94. The molecule has 0 fully saturated rings. The molecule has 24 heavy (non-hydrogen) atoms. The molecule has 0 saturated carbocycles. The second kappa shape index (κ2) is 7.09. The van der Waals surface area contributed by atoms with Gasteiger partial charge in [-0.1, -0.05) is 11.7 Å². The first-order valence-electron chi connectivity index (χ1n) is 6.59. The normalized spacial score (nSPS) is 15.8. The topological polar surface area (TPSA) is 151 Å². The quantitative estimate of drug-likeness (QED) is 0.480. The Labute approximate surface area is 135 Å². The predicted octanol–water partition coefficient (Wildman–Crippen LogP) is 2.12. The van der Waals surface area contributed by atoms with Gasteiger partial charge in [0.05, 0.1) is 17.7 Å². The van der Waals surface area contributed by atoms with E-state index in [0.717, 1.165) is 6.07 Å². The molecule has 0 aliphatic carbocycles. The number of rotatable bonds is 5. The summed E-state index contributed by atoms with van der Waals surface area (Å²) in [6, 6.07) is 1.76. The van der Waals surface area contributed by atoms with Crippen LogP contribution in [0.2, 0.25) is 0 Å². The molecule has 1 aliphatic rings. The van der Waals surface area contributed by atoms with Crippen molar-refractivity contribution >= 4 is 23.8 Å². The number of nitro groups is 1. The van der Waals surface area contributed by atoms with Crippen LogP contribution < -0.4 is 10.1 Å². The third-order valence-electron chi connectivity index (χ3n) is 2.70. The maximum Gasteiger partial charge on any atom is 0.365 e. The highest BCUT2D eigenvalue weighted by molar-refractivity contribution is 6.08. The third-order valence-corrected chi connectivity index (χ3v) is 2.70. The van der Waals surface area contributed by atoms with E-state index in [1.807, 2.05) is 0 Å². The zero-order valence-corrected chi connectivity index (χ0v) is 12.5. The van der Waals surface area contributed by atoms with E-state index in [0.29, 0.717) is 0 Å². The number of nitro benzene ring substituents is 1. The first-order valence-corrected chi connectivity index (χ1v) is 6.59. The van der Waals surface area contributed by atoms with Crippen LogP contribution in [0.1, 0.15) is 12.5 Å². The van der Waals surface area contributed by atoms with Crippen LogP contribution in [0.5, 0.6) is 11.5 Å². The fourth-order valence-corrected chi connectivity index (χ4v) is 1.68. The first kappa shape index (κ1) is 16.7. The monoisotopic (exact) mass is 332 g/mol. The molecule has 2 rings (SSSR count). The number of carbonyl (C=O) groups is 1. The van der Waals surface area contributed by atoms with Crippen LogP contribution in [-0.4, -0.2) is 34.7 Å². The fraction of sp³-hybridized carbons (Fsp3) is 0.154. The van der Waals surface area contributed by atoms with Crippen molar-refractivity contribution in [3.63, 3.8) is 0 Å². The van der Waals surface area contributed by atoms with Gasteiger partial charge in [0, 0.05) is 11.6 Å². The largest absolute Gasteiger partial charge is 0.500 e. The smallest absolute Gasteiger partial charge is 0.365 e. The molecule has 0 spiro atoms. The zero-order valence-electron chi connectivity index (χ0n) is 12.5. The van der Waals surface area contributed by atoms with Crippen molar-refractivity contribution in [3.8, 4) is 11.5 Å². The number of azo groups is 1. The Hall–Kier alpha value is -3.63. The molecule has 11 nitrogen and oxygen atoms in total. The number of hydrogen-bond donors (Lipinski definition) is 2. The average molecular weight is 332 g/mol. The summed E-state index contributed by atoms with van der Waals surface area (Å²) in [5.41, 5.74) is -0.153. The number of aromatic hydroxyl groups is 1. The Morgan fingerprint density at radius 3 is 2.92 bits per heavy atom. The molecule has 124 valence electrons. The van der Waals surface area contributed by atoms with Gasteiger partial charge in [-0.2, -0.15) is 5.10 Å². The van der Waals surface area contributed by atoms with Gasteiger partial charge >= 0.3 is 11.7 Å². The number of carbonyl (C=O) groups excluding carboxylic acids is 1. The highest BCUT2D eigenvalue weighted by atomic mass is 16.6. The number of nitrogens with one attached hydrogen (secondary N) is 1. The molecule has 0 aromatic heterocycles. The van der Waals surface area contributed by atoms with Gasteiger partial charge in [-0.15, -0.1) is 10.2 Å². The van der Waals surface area contributed by atoms with E-state index in [1.165, 1.54) is 12.3 Å². The second-order valence-corrected chi connectivity index (χ2v) is 4.35. The van der Waals surface area contributed by atoms with Gasteiger partial charge in [0.25, 0.3) is 0 Å².